The smallest absolute Gasteiger partial charge is 0.220 e. The molecule has 8 heteroatoms. The molecule has 136 valence electrons. The summed E-state index contributed by atoms with van der Waals surface area (Å²) in [6, 6.07) is 13.3. The molecule has 0 aliphatic heterocycles. The van der Waals surface area contributed by atoms with Crippen molar-refractivity contribution in [2.45, 2.75) is 19.4 Å². The fourth-order valence-electron chi connectivity index (χ4n) is 2.72. The Labute approximate surface area is 164 Å². The van der Waals surface area contributed by atoms with Crippen LogP contribution < -0.4 is 5.32 Å². The van der Waals surface area contributed by atoms with E-state index in [0.29, 0.717) is 29.3 Å². The summed E-state index contributed by atoms with van der Waals surface area (Å²) < 4.78 is 1.67. The van der Waals surface area contributed by atoms with Crippen LogP contribution in [0.4, 0.5) is 0 Å². The van der Waals surface area contributed by atoms with E-state index in [-0.39, 0.29) is 12.5 Å². The lowest BCUT2D eigenvalue weighted by Gasteiger charge is -2.05. The number of carbonyl (C=O) groups excluding carboxylic acids is 1. The van der Waals surface area contributed by atoms with Gasteiger partial charge in [0.1, 0.15) is 0 Å². The van der Waals surface area contributed by atoms with Crippen LogP contribution in [0.2, 0.25) is 5.02 Å². The van der Waals surface area contributed by atoms with E-state index in [2.05, 4.69) is 20.6 Å². The molecule has 0 bridgehead atoms. The predicted octanol–water partition coefficient (Wildman–Crippen LogP) is 3.76. The van der Waals surface area contributed by atoms with Gasteiger partial charge in [-0.3, -0.25) is 4.79 Å². The van der Waals surface area contributed by atoms with Gasteiger partial charge in [0.2, 0.25) is 5.91 Å². The number of nitrogens with zero attached hydrogens (tertiary/aromatic N) is 4. The van der Waals surface area contributed by atoms with Gasteiger partial charge in [0.15, 0.2) is 11.5 Å². The lowest BCUT2D eigenvalue weighted by molar-refractivity contribution is -0.121. The van der Waals surface area contributed by atoms with Crippen molar-refractivity contribution in [1.82, 2.24) is 25.1 Å². The third-order valence-corrected chi connectivity index (χ3v) is 5.04. The Balaban J connectivity index is 1.41. The number of rotatable bonds is 6. The average molecular weight is 398 g/mol. The van der Waals surface area contributed by atoms with Crippen LogP contribution in [0.1, 0.15) is 17.8 Å². The summed E-state index contributed by atoms with van der Waals surface area (Å²) >= 11 is 7.59. The average Bonchev–Trinajstić information content (AvgIpc) is 3.34. The van der Waals surface area contributed by atoms with Crippen molar-refractivity contribution in [3.05, 3.63) is 69.6 Å². The van der Waals surface area contributed by atoms with E-state index < -0.39 is 0 Å². The van der Waals surface area contributed by atoms with E-state index in [1.165, 1.54) is 0 Å². The molecule has 4 aromatic rings. The molecule has 3 aromatic heterocycles. The summed E-state index contributed by atoms with van der Waals surface area (Å²) in [6.45, 7) is 0.273. The van der Waals surface area contributed by atoms with Crippen molar-refractivity contribution in [2.24, 2.45) is 0 Å². The number of aryl methyl sites for hydroxylation is 1. The summed E-state index contributed by atoms with van der Waals surface area (Å²) in [4.78, 5) is 12.2. The van der Waals surface area contributed by atoms with E-state index in [1.807, 2.05) is 53.2 Å². The number of amides is 1. The molecule has 1 amide bonds. The minimum absolute atomic E-state index is 0.0549. The molecule has 27 heavy (non-hydrogen) atoms. The number of hydrogen-bond acceptors (Lipinski definition) is 5. The van der Waals surface area contributed by atoms with Gasteiger partial charge < -0.3 is 5.32 Å². The largest absolute Gasteiger partial charge is 0.349 e. The molecule has 6 nitrogen and oxygen atoms in total. The maximum Gasteiger partial charge on any atom is 0.220 e. The van der Waals surface area contributed by atoms with Crippen LogP contribution in [-0.2, 0) is 17.8 Å². The van der Waals surface area contributed by atoms with Crippen molar-refractivity contribution >= 4 is 34.5 Å². The Kier molecular flexibility index (Phi) is 5.13. The topological polar surface area (TPSA) is 72.2 Å². The van der Waals surface area contributed by atoms with Crippen molar-refractivity contribution < 1.29 is 4.79 Å². The summed E-state index contributed by atoms with van der Waals surface area (Å²) in [5.74, 6) is 0.541. The Bertz CT molecular complexity index is 1080. The first-order valence-corrected chi connectivity index (χ1v) is 9.76. The van der Waals surface area contributed by atoms with Gasteiger partial charge >= 0.3 is 0 Å². The first-order chi connectivity index (χ1) is 13.2. The van der Waals surface area contributed by atoms with Crippen molar-refractivity contribution in [3.63, 3.8) is 0 Å². The molecule has 0 fully saturated rings. The fraction of sp³-hybridized carbons (Fsp3) is 0.158. The summed E-state index contributed by atoms with van der Waals surface area (Å²) in [6.07, 6.45) is 1.01. The molecule has 0 aliphatic rings. The molecule has 0 unspecified atom stereocenters. The number of nitrogens with one attached hydrogen (secondary N) is 1. The van der Waals surface area contributed by atoms with Crippen LogP contribution in [0.3, 0.4) is 0 Å². The molecule has 3 heterocycles. The molecule has 0 radical (unpaired) electrons. The van der Waals surface area contributed by atoms with Gasteiger partial charge in [-0.2, -0.15) is 21.0 Å². The second-order valence-corrected chi connectivity index (χ2v) is 7.24. The van der Waals surface area contributed by atoms with Gasteiger partial charge in [0.25, 0.3) is 0 Å². The molecular weight excluding hydrogens is 382 g/mol. The molecule has 0 aliphatic carbocycles. The van der Waals surface area contributed by atoms with Gasteiger partial charge in [-0.15, -0.1) is 10.2 Å². The molecule has 1 aromatic carbocycles. The third kappa shape index (κ3) is 4.15. The van der Waals surface area contributed by atoms with E-state index in [4.69, 9.17) is 11.6 Å². The minimum Gasteiger partial charge on any atom is -0.349 e. The van der Waals surface area contributed by atoms with E-state index in [0.717, 1.165) is 16.8 Å². The Morgan fingerprint density at radius 2 is 2.11 bits per heavy atom. The number of aromatic nitrogens is 4. The Morgan fingerprint density at radius 1 is 1.19 bits per heavy atom. The quantitative estimate of drug-likeness (QED) is 0.537. The lowest BCUT2D eigenvalue weighted by atomic mass is 10.1. The highest BCUT2D eigenvalue weighted by molar-refractivity contribution is 7.08. The van der Waals surface area contributed by atoms with Gasteiger partial charge in [0.05, 0.1) is 12.2 Å². The van der Waals surface area contributed by atoms with Crippen LogP contribution in [0.25, 0.3) is 16.9 Å². The molecule has 0 spiro atoms. The van der Waals surface area contributed by atoms with Gasteiger partial charge in [-0.05, 0) is 47.7 Å². The maximum atomic E-state index is 12.2. The molecule has 0 saturated heterocycles. The third-order valence-electron chi connectivity index (χ3n) is 4.12. The highest BCUT2D eigenvalue weighted by atomic mass is 35.5. The number of benzene rings is 1. The number of halogens is 1. The zero-order valence-corrected chi connectivity index (χ0v) is 15.9. The number of hydrogen-bond donors (Lipinski definition) is 1. The van der Waals surface area contributed by atoms with Gasteiger partial charge in [0, 0.05) is 22.4 Å². The van der Waals surface area contributed by atoms with Crippen LogP contribution in [0.5, 0.6) is 0 Å². The Hall–Kier alpha value is -2.77. The first kappa shape index (κ1) is 17.6. The van der Waals surface area contributed by atoms with Crippen LogP contribution in [0, 0.1) is 0 Å². The zero-order chi connectivity index (χ0) is 18.6. The van der Waals surface area contributed by atoms with Crippen LogP contribution in [0.15, 0.2) is 53.2 Å². The number of fused-ring (bicyclic) bond motifs is 1. The Morgan fingerprint density at radius 3 is 2.93 bits per heavy atom. The molecule has 1 N–H and O–H groups in total. The highest BCUT2D eigenvalue weighted by Gasteiger charge is 2.10. The van der Waals surface area contributed by atoms with E-state index in [9.17, 15) is 4.79 Å². The lowest BCUT2D eigenvalue weighted by Crippen LogP contribution is -2.24. The van der Waals surface area contributed by atoms with Gasteiger partial charge in [-0.25, -0.2) is 0 Å². The highest BCUT2D eigenvalue weighted by Crippen LogP contribution is 2.20. The second kappa shape index (κ2) is 7.85. The molecule has 0 atom stereocenters. The number of thiophene rings is 1. The summed E-state index contributed by atoms with van der Waals surface area (Å²) in [7, 11) is 0. The SMILES string of the molecule is O=C(CCc1cccc(Cl)c1)NCc1nnc2ccc(-c3ccsc3)nn12. The van der Waals surface area contributed by atoms with Crippen molar-refractivity contribution in [1.29, 1.82) is 0 Å². The van der Waals surface area contributed by atoms with Crippen LogP contribution >= 0.6 is 22.9 Å². The minimum atomic E-state index is -0.0549. The first-order valence-electron chi connectivity index (χ1n) is 8.44. The normalized spacial score (nSPS) is 11.0. The monoisotopic (exact) mass is 397 g/mol. The maximum absolute atomic E-state index is 12.2. The zero-order valence-electron chi connectivity index (χ0n) is 14.3. The van der Waals surface area contributed by atoms with Crippen LogP contribution in [-0.4, -0.2) is 25.7 Å². The predicted molar refractivity (Wildman–Crippen MR) is 106 cm³/mol. The summed E-state index contributed by atoms with van der Waals surface area (Å²) in [5, 5.41) is 20.4. The van der Waals surface area contributed by atoms with Crippen molar-refractivity contribution in [3.8, 4) is 11.3 Å². The van der Waals surface area contributed by atoms with Crippen molar-refractivity contribution in [2.75, 3.05) is 0 Å². The summed E-state index contributed by atoms with van der Waals surface area (Å²) in [5.41, 5.74) is 3.58. The van der Waals surface area contributed by atoms with Gasteiger partial charge in [-0.1, -0.05) is 23.7 Å². The van der Waals surface area contributed by atoms with E-state index >= 15 is 0 Å². The fourth-order valence-corrected chi connectivity index (χ4v) is 3.59. The standard InChI is InChI=1S/C19H16ClN5OS/c20-15-3-1-2-13(10-15)4-7-19(26)21-11-18-23-22-17-6-5-16(24-25(17)18)14-8-9-27-12-14/h1-3,5-6,8-10,12H,4,7,11H2,(H,21,26). The van der Waals surface area contributed by atoms with E-state index in [1.54, 1.807) is 15.9 Å². The molecule has 0 saturated carbocycles. The second-order valence-electron chi connectivity index (χ2n) is 6.02. The number of carbonyl (C=O) groups is 1. The molecule has 4 rings (SSSR count). The molecular formula is C19H16ClN5OS.